The maximum Gasteiger partial charge on any atom is 0.229 e. The molecule has 26 fully saturated rings. The molecular weight excluding hydrogens is 1820 g/mol. The first-order valence-electron chi connectivity index (χ1n) is 57.3. The van der Waals surface area contributed by atoms with E-state index in [1.165, 1.54) is 116 Å². The Morgan fingerprint density at radius 2 is 0.731 bits per heavy atom. The molecule has 26 aliphatic rings. The first-order valence-corrected chi connectivity index (χ1v) is 57.3. The highest BCUT2D eigenvalue weighted by Crippen LogP contribution is 2.71. The number of carbonyl (C=O) groups is 5. The van der Waals surface area contributed by atoms with Crippen LogP contribution in [0.25, 0.3) is 0 Å². The molecule has 6 saturated heterocycles. The van der Waals surface area contributed by atoms with Crippen LogP contribution in [0.5, 0.6) is 0 Å². The Bertz CT molecular complexity index is 5430. The summed E-state index contributed by atoms with van der Waals surface area (Å²) in [6.45, 7) is 38.5. The summed E-state index contributed by atoms with van der Waals surface area (Å²) in [5, 5.41) is 23.2. The number of ether oxygens (including phenoxy) is 3. The number of pyridine rings is 1. The molecule has 1 spiro atoms. The lowest BCUT2D eigenvalue weighted by atomic mass is 9.45. The van der Waals surface area contributed by atoms with Gasteiger partial charge in [-0.05, 0) is 371 Å². The number of hydrogen-bond acceptors (Lipinski definition) is 24. The first kappa shape index (κ1) is 100. The second kappa shape index (κ2) is 39.6. The summed E-state index contributed by atoms with van der Waals surface area (Å²) in [4.78, 5) is 116. The minimum atomic E-state index is -0.197. The van der Waals surface area contributed by atoms with Gasteiger partial charge in [-0.2, -0.15) is 25.5 Å². The van der Waals surface area contributed by atoms with Crippen LogP contribution >= 0.6 is 0 Å². The van der Waals surface area contributed by atoms with Crippen molar-refractivity contribution < 1.29 is 38.2 Å². The zero-order valence-corrected chi connectivity index (χ0v) is 89.0. The van der Waals surface area contributed by atoms with Crippen molar-refractivity contribution in [1.82, 2.24) is 118 Å². The number of amides is 4. The van der Waals surface area contributed by atoms with E-state index in [0.29, 0.717) is 100 Å². The molecule has 4 amide bonds. The first-order chi connectivity index (χ1) is 69.9. The van der Waals surface area contributed by atoms with Crippen LogP contribution in [-0.4, -0.2) is 330 Å². The van der Waals surface area contributed by atoms with Crippen LogP contribution in [0.2, 0.25) is 0 Å². The minimum absolute atomic E-state index is 0.00319. The van der Waals surface area contributed by atoms with Gasteiger partial charge in [0, 0.05) is 142 Å². The maximum atomic E-state index is 14.0. The molecule has 6 aromatic heterocycles. The SMILES string of the molecule is CC(C)OCCN1CCN(C(=O)C23CC4CC(C2)CC(n2cncn2)(C4)C3)CC1.CN1CCC2(CC1)CCN(C(=O)C13CC4CC(C1)CC(n1cncn1)(C4)C3)C2.Cc1ncn(C23CC4CC(CC(C(=O)CCC(C)N5CCOCC5)(C4)C2)C3)n1.Cc1ncn(C23CC4CC(CC(C(=O)N5CCN(CCOC(C)C)CC5)(C4)C2)C3)n1.Cc1ncn(C23CC4CC(CC(C(=O)N5CCN(c6ccccn6)CC5)(C4)C2)C3)n1. The number of aromatic nitrogens is 16. The van der Waals surface area contributed by atoms with E-state index in [-0.39, 0.29) is 67.0 Å². The van der Waals surface area contributed by atoms with Gasteiger partial charge in [0.25, 0.3) is 0 Å². The van der Waals surface area contributed by atoms with E-state index >= 15 is 0 Å². The van der Waals surface area contributed by atoms with Crippen LogP contribution in [0.1, 0.15) is 277 Å². The van der Waals surface area contributed by atoms with Gasteiger partial charge in [-0.1, -0.05) is 6.07 Å². The summed E-state index contributed by atoms with van der Waals surface area (Å²) < 4.78 is 27.5. The molecule has 6 aromatic rings. The number of nitrogens with zero attached hydrogens (tertiary/aromatic N) is 25. The monoisotopic (exact) mass is 1990 g/mol. The number of aryl methyl sites for hydroxylation is 3. The number of likely N-dealkylation sites (tertiary alicyclic amines) is 2. The minimum Gasteiger partial charge on any atom is -0.379 e. The molecule has 20 saturated carbocycles. The molecule has 33 nitrogen and oxygen atoms in total. The van der Waals surface area contributed by atoms with Crippen LogP contribution in [0.3, 0.4) is 0 Å². The van der Waals surface area contributed by atoms with Gasteiger partial charge >= 0.3 is 0 Å². The molecule has 11 atom stereocenters. The van der Waals surface area contributed by atoms with Gasteiger partial charge < -0.3 is 43.6 Å². The van der Waals surface area contributed by atoms with Crippen molar-refractivity contribution in [2.24, 2.45) is 91.7 Å². The zero-order chi connectivity index (χ0) is 99.7. The smallest absolute Gasteiger partial charge is 0.229 e. The number of piperidine rings is 1. The Morgan fingerprint density at radius 3 is 1.07 bits per heavy atom. The van der Waals surface area contributed by atoms with Gasteiger partial charge in [-0.25, -0.2) is 53.3 Å². The summed E-state index contributed by atoms with van der Waals surface area (Å²) in [6.07, 6.45) is 54.7. The number of hydrogen-bond donors (Lipinski definition) is 0. The average Bonchev–Trinajstić information content (AvgIpc) is 1.61. The lowest BCUT2D eigenvalue weighted by Crippen LogP contribution is -2.63. The van der Waals surface area contributed by atoms with Gasteiger partial charge in [0.15, 0.2) is 0 Å². The fraction of sp³-hybridized carbons (Fsp3) is 0.821. The van der Waals surface area contributed by atoms with Crippen molar-refractivity contribution in [1.29, 1.82) is 0 Å². The van der Waals surface area contributed by atoms with E-state index in [0.717, 1.165) is 290 Å². The highest BCUT2D eigenvalue weighted by Gasteiger charge is 2.69. The third-order valence-corrected chi connectivity index (χ3v) is 41.5. The molecule has 0 radical (unpaired) electrons. The Labute approximate surface area is 859 Å². The molecule has 0 N–H and O–H groups in total. The molecule has 33 heteroatoms. The van der Waals surface area contributed by atoms with E-state index < -0.39 is 0 Å². The second-order valence-corrected chi connectivity index (χ2v) is 52.5. The van der Waals surface area contributed by atoms with Crippen molar-refractivity contribution in [2.45, 2.75) is 326 Å². The number of ketones is 1. The van der Waals surface area contributed by atoms with Crippen LogP contribution in [0.4, 0.5) is 5.82 Å². The normalized spacial score (nSPS) is 37.6. The predicted molar refractivity (Wildman–Crippen MR) is 547 cm³/mol. The van der Waals surface area contributed by atoms with E-state index in [9.17, 15) is 24.0 Å². The van der Waals surface area contributed by atoms with Crippen LogP contribution in [0, 0.1) is 112 Å². The molecule has 32 rings (SSSR count). The number of anilines is 1. The summed E-state index contributed by atoms with van der Waals surface area (Å²) >= 11 is 0. The van der Waals surface area contributed by atoms with Crippen LogP contribution in [-0.2, 0) is 65.9 Å². The summed E-state index contributed by atoms with van der Waals surface area (Å²) in [6, 6.07) is 6.50. The number of rotatable bonds is 23. The number of Topliss-reactive ketones (excluding diaryl/α,β-unsaturated/α-hetero) is 1. The second-order valence-electron chi connectivity index (χ2n) is 52.5. The van der Waals surface area contributed by atoms with Gasteiger partial charge in [0.1, 0.15) is 73.4 Å². The van der Waals surface area contributed by atoms with Crippen LogP contribution in [0.15, 0.2) is 68.7 Å². The van der Waals surface area contributed by atoms with Crippen LogP contribution < -0.4 is 4.90 Å². The Hall–Kier alpha value is -8.08. The maximum absolute atomic E-state index is 14.0. The fourth-order valence-corrected chi connectivity index (χ4v) is 37.0. The molecule has 6 aliphatic heterocycles. The topological polar surface area (TPSA) is 309 Å². The van der Waals surface area contributed by atoms with Gasteiger partial charge in [-0.3, -0.25) is 38.7 Å². The molecule has 12 heterocycles. The number of morpholine rings is 1. The molecule has 11 unspecified atom stereocenters. The highest BCUT2D eigenvalue weighted by atomic mass is 16.5. The van der Waals surface area contributed by atoms with Crippen molar-refractivity contribution in [3.8, 4) is 0 Å². The summed E-state index contributed by atoms with van der Waals surface area (Å²) in [7, 11) is 2.23. The van der Waals surface area contributed by atoms with Gasteiger partial charge in [-0.15, -0.1) is 0 Å². The van der Waals surface area contributed by atoms with E-state index in [1.54, 1.807) is 12.7 Å². The van der Waals surface area contributed by atoms with Gasteiger partial charge in [0.05, 0.1) is 88.0 Å². The van der Waals surface area contributed by atoms with Crippen molar-refractivity contribution >= 4 is 35.2 Å². The molecule has 145 heavy (non-hydrogen) atoms. The number of piperazine rings is 3. The Morgan fingerprint density at radius 1 is 0.386 bits per heavy atom. The molecule has 0 aromatic carbocycles. The third-order valence-electron chi connectivity index (χ3n) is 41.5. The third kappa shape index (κ3) is 19.6. The Kier molecular flexibility index (Phi) is 27.4. The lowest BCUT2D eigenvalue weighted by molar-refractivity contribution is -0.168. The molecule has 20 bridgehead atoms. The molecule has 790 valence electrons. The molecule has 20 aliphatic carbocycles. The standard InChI is InChI=1S/C23H30N6O.C23H37N5O2.C22H35N5O2.C22H33N5O.C22H34N4O2/c1-17-25-16-29(26-17)23-13-18-10-19(14-23)12-22(11-18,15-23)21(30)28-8-6-27(7-9-28)20-4-2-3-5-24-20;1-17(2)30-9-8-26-4-6-27(7-5-26)21(29)22-11-19-10-20(12-22)14-23(13-19,15-22)28-16-24-18(3)25-28;1-17(2)29-8-7-25-3-5-26(6-4-25)20(28)21-10-18-9-19(11-21)13-22(12-18,14-21)27-16-23-15-24-27;1-25-5-2-20(3-6-25)4-7-26(14-20)19(28)21-9-17-8-18(10-21)12-22(11-17,13-21)27-16-23-15-24-27;1-16(25-5-7-28-8-6-25)3-4-20(27)21-10-18-9-19(11-21)13-22(12-18,14-21)26-15-23-17(2)24-26/h2-5,16,18-19H,6-15H2,1H3;16-17,19-20H,4-15H2,1-3H3;15-19H,3-14H2,1-2H3;15-18H,2-14H2,1H3;15-16,18-19H,3-14H2,1-2H3. The summed E-state index contributed by atoms with van der Waals surface area (Å²) in [5.41, 5.74) is -0.267. The quantitative estimate of drug-likeness (QED) is 0.0575. The summed E-state index contributed by atoms with van der Waals surface area (Å²) in [5.74, 6) is 12.5. The lowest BCUT2D eigenvalue weighted by Gasteiger charge is -2.61. The number of carbonyl (C=O) groups excluding carboxylic acids is 5. The largest absolute Gasteiger partial charge is 0.379 e. The molecular formula is C112H169N25O8. The fourth-order valence-electron chi connectivity index (χ4n) is 37.0. The van der Waals surface area contributed by atoms with E-state index in [1.807, 2.05) is 70.7 Å². The zero-order valence-electron chi connectivity index (χ0n) is 89.0. The van der Waals surface area contributed by atoms with Gasteiger partial charge in [0.2, 0.25) is 23.6 Å². The highest BCUT2D eigenvalue weighted by molar-refractivity contribution is 5.87. The average molecular weight is 1990 g/mol. The van der Waals surface area contributed by atoms with E-state index in [4.69, 9.17) is 29.5 Å². The predicted octanol–water partition coefficient (Wildman–Crippen LogP) is 12.7. The van der Waals surface area contributed by atoms with Crippen molar-refractivity contribution in [3.05, 3.63) is 86.2 Å². The van der Waals surface area contributed by atoms with Crippen molar-refractivity contribution in [3.63, 3.8) is 0 Å². The van der Waals surface area contributed by atoms with Crippen molar-refractivity contribution in [2.75, 3.05) is 169 Å². The Balaban J connectivity index is 0.000000100. The van der Waals surface area contributed by atoms with E-state index in [2.05, 4.69) is 155 Å².